The Balaban J connectivity index is 1.31. The Morgan fingerprint density at radius 3 is 2.69 bits per heavy atom. The molecule has 5 heteroatoms. The van der Waals surface area contributed by atoms with Crippen molar-refractivity contribution >= 4 is 5.96 Å². The molecule has 1 aromatic carbocycles. The van der Waals surface area contributed by atoms with E-state index in [2.05, 4.69) is 69.3 Å². The largest absolute Gasteiger partial charge is 0.355 e. The minimum absolute atomic E-state index is 0.549. The molecule has 3 aliphatic rings. The first-order valence-electron chi connectivity index (χ1n) is 11.6. The smallest absolute Gasteiger partial charge is 0.193 e. The summed E-state index contributed by atoms with van der Waals surface area (Å²) in [5, 5.41) is 3.67. The molecule has 0 radical (unpaired) electrons. The lowest BCUT2D eigenvalue weighted by molar-refractivity contribution is 0.0371. The van der Waals surface area contributed by atoms with Crippen molar-refractivity contribution in [2.24, 2.45) is 10.9 Å². The van der Waals surface area contributed by atoms with Crippen molar-refractivity contribution < 1.29 is 0 Å². The monoisotopic (exact) mass is 397 g/mol. The molecule has 1 saturated carbocycles. The van der Waals surface area contributed by atoms with Crippen LogP contribution < -0.4 is 5.32 Å². The number of fused-ring (bicyclic) bond motifs is 1. The summed E-state index contributed by atoms with van der Waals surface area (Å²) in [5.74, 6) is 1.85. The molecule has 0 spiro atoms. The lowest BCUT2D eigenvalue weighted by atomic mass is 9.83. The number of aliphatic imine (C=N–C) groups is 1. The summed E-state index contributed by atoms with van der Waals surface area (Å²) in [7, 11) is 4.20. The predicted molar refractivity (Wildman–Crippen MR) is 121 cm³/mol. The molecule has 1 N–H and O–H groups in total. The van der Waals surface area contributed by atoms with Crippen molar-refractivity contribution in [3.8, 4) is 0 Å². The molecule has 5 nitrogen and oxygen atoms in total. The van der Waals surface area contributed by atoms with Gasteiger partial charge in [-0.1, -0.05) is 30.3 Å². The summed E-state index contributed by atoms with van der Waals surface area (Å²) in [6.07, 6.45) is 6.64. The Labute approximate surface area is 177 Å². The number of guanidine groups is 1. The van der Waals surface area contributed by atoms with E-state index in [0.29, 0.717) is 6.04 Å². The zero-order chi connectivity index (χ0) is 20.2. The first kappa shape index (κ1) is 20.7. The van der Waals surface area contributed by atoms with Gasteiger partial charge in [0.15, 0.2) is 5.96 Å². The quantitative estimate of drug-likeness (QED) is 0.591. The number of nitrogens with zero attached hydrogens (tertiary/aromatic N) is 4. The fourth-order valence-corrected chi connectivity index (χ4v) is 5.27. The number of nitrogens with one attached hydrogen (secondary N) is 1. The van der Waals surface area contributed by atoms with Crippen LogP contribution in [-0.4, -0.2) is 79.1 Å². The van der Waals surface area contributed by atoms with Gasteiger partial charge in [0, 0.05) is 51.4 Å². The SMILES string of the molecule is CN=C(NCC(C)N(C)C1CC1)N1CCC2C(CCCN2Cc2ccccc2)C1. The molecule has 4 rings (SSSR count). The van der Waals surface area contributed by atoms with E-state index in [9.17, 15) is 0 Å². The molecule has 2 aliphatic heterocycles. The van der Waals surface area contributed by atoms with E-state index < -0.39 is 0 Å². The van der Waals surface area contributed by atoms with Crippen LogP contribution in [0.2, 0.25) is 0 Å². The molecule has 160 valence electrons. The lowest BCUT2D eigenvalue weighted by Gasteiger charge is -2.48. The van der Waals surface area contributed by atoms with Gasteiger partial charge in [-0.3, -0.25) is 14.8 Å². The van der Waals surface area contributed by atoms with Crippen LogP contribution in [0, 0.1) is 5.92 Å². The van der Waals surface area contributed by atoms with E-state index >= 15 is 0 Å². The van der Waals surface area contributed by atoms with Crippen molar-refractivity contribution in [1.82, 2.24) is 20.0 Å². The third-order valence-electron chi connectivity index (χ3n) is 7.30. The van der Waals surface area contributed by atoms with E-state index in [0.717, 1.165) is 50.1 Å². The molecule has 2 heterocycles. The number of benzene rings is 1. The van der Waals surface area contributed by atoms with Gasteiger partial charge in [0.25, 0.3) is 0 Å². The summed E-state index contributed by atoms with van der Waals surface area (Å²) in [6, 6.07) is 13.1. The standard InChI is InChI=1S/C24H39N5/c1-19(27(3)22-11-12-22)16-26-24(25-2)29-15-13-23-21(18-29)10-7-14-28(23)17-20-8-5-4-6-9-20/h4-6,8-9,19,21-23H,7,10-18H2,1-3H3,(H,25,26). The predicted octanol–water partition coefficient (Wildman–Crippen LogP) is 3.03. The van der Waals surface area contributed by atoms with Gasteiger partial charge in [-0.25, -0.2) is 0 Å². The van der Waals surface area contributed by atoms with Crippen LogP contribution in [0.15, 0.2) is 35.3 Å². The highest BCUT2D eigenvalue weighted by molar-refractivity contribution is 5.80. The summed E-state index contributed by atoms with van der Waals surface area (Å²) >= 11 is 0. The second-order valence-corrected chi connectivity index (χ2v) is 9.33. The van der Waals surface area contributed by atoms with Crippen molar-refractivity contribution in [3.05, 3.63) is 35.9 Å². The van der Waals surface area contributed by atoms with E-state index in [4.69, 9.17) is 0 Å². The third-order valence-corrected chi connectivity index (χ3v) is 7.30. The Kier molecular flexibility index (Phi) is 6.76. The zero-order valence-corrected chi connectivity index (χ0v) is 18.6. The Bertz CT molecular complexity index is 671. The van der Waals surface area contributed by atoms with Gasteiger partial charge in [0.1, 0.15) is 0 Å². The average molecular weight is 398 g/mol. The first-order chi connectivity index (χ1) is 14.2. The minimum Gasteiger partial charge on any atom is -0.355 e. The van der Waals surface area contributed by atoms with Gasteiger partial charge < -0.3 is 10.2 Å². The number of piperidine rings is 2. The topological polar surface area (TPSA) is 34.1 Å². The van der Waals surface area contributed by atoms with Crippen LogP contribution in [0.4, 0.5) is 0 Å². The first-order valence-corrected chi connectivity index (χ1v) is 11.6. The fourth-order valence-electron chi connectivity index (χ4n) is 5.27. The second-order valence-electron chi connectivity index (χ2n) is 9.33. The van der Waals surface area contributed by atoms with E-state index in [1.165, 1.54) is 44.2 Å². The van der Waals surface area contributed by atoms with Gasteiger partial charge in [-0.15, -0.1) is 0 Å². The second kappa shape index (κ2) is 9.48. The average Bonchev–Trinajstić information content (AvgIpc) is 3.60. The van der Waals surface area contributed by atoms with Crippen molar-refractivity contribution in [2.45, 2.75) is 63.7 Å². The maximum absolute atomic E-state index is 4.63. The van der Waals surface area contributed by atoms with Crippen LogP contribution in [0.3, 0.4) is 0 Å². The molecular formula is C24H39N5. The number of hydrogen-bond donors (Lipinski definition) is 1. The molecule has 1 aromatic rings. The van der Waals surface area contributed by atoms with Gasteiger partial charge in [0.05, 0.1) is 0 Å². The molecule has 29 heavy (non-hydrogen) atoms. The van der Waals surface area contributed by atoms with Crippen LogP contribution in [-0.2, 0) is 6.54 Å². The van der Waals surface area contributed by atoms with Crippen LogP contribution in [0.25, 0.3) is 0 Å². The molecule has 3 atom stereocenters. The molecule has 0 aromatic heterocycles. The maximum atomic E-state index is 4.63. The Hall–Kier alpha value is -1.59. The lowest BCUT2D eigenvalue weighted by Crippen LogP contribution is -2.57. The minimum atomic E-state index is 0.549. The molecule has 0 bridgehead atoms. The maximum Gasteiger partial charge on any atom is 0.193 e. The van der Waals surface area contributed by atoms with E-state index in [1.807, 2.05) is 7.05 Å². The highest BCUT2D eigenvalue weighted by Crippen LogP contribution is 2.32. The van der Waals surface area contributed by atoms with E-state index in [1.54, 1.807) is 0 Å². The van der Waals surface area contributed by atoms with Crippen LogP contribution in [0.1, 0.15) is 44.6 Å². The Morgan fingerprint density at radius 2 is 1.97 bits per heavy atom. The summed E-state index contributed by atoms with van der Waals surface area (Å²) in [5.41, 5.74) is 1.45. The van der Waals surface area contributed by atoms with Crippen LogP contribution in [0.5, 0.6) is 0 Å². The third kappa shape index (κ3) is 5.13. The number of hydrogen-bond acceptors (Lipinski definition) is 3. The van der Waals surface area contributed by atoms with Gasteiger partial charge in [-0.05, 0) is 64.1 Å². The summed E-state index contributed by atoms with van der Waals surface area (Å²) < 4.78 is 0. The molecule has 1 aliphatic carbocycles. The van der Waals surface area contributed by atoms with E-state index in [-0.39, 0.29) is 0 Å². The van der Waals surface area contributed by atoms with Gasteiger partial charge in [0.2, 0.25) is 0 Å². The number of rotatable bonds is 6. The molecule has 3 fully saturated rings. The van der Waals surface area contributed by atoms with Crippen molar-refractivity contribution in [2.75, 3.05) is 40.3 Å². The fraction of sp³-hybridized carbons (Fsp3) is 0.708. The van der Waals surface area contributed by atoms with Gasteiger partial charge in [-0.2, -0.15) is 0 Å². The Morgan fingerprint density at radius 1 is 1.17 bits per heavy atom. The van der Waals surface area contributed by atoms with Crippen molar-refractivity contribution in [3.63, 3.8) is 0 Å². The molecule has 3 unspecified atom stereocenters. The highest BCUT2D eigenvalue weighted by atomic mass is 15.3. The zero-order valence-electron chi connectivity index (χ0n) is 18.6. The van der Waals surface area contributed by atoms with Crippen molar-refractivity contribution in [1.29, 1.82) is 0 Å². The number of likely N-dealkylation sites (tertiary alicyclic amines) is 2. The normalized spacial score (nSPS) is 27.0. The highest BCUT2D eigenvalue weighted by Gasteiger charge is 2.37. The summed E-state index contributed by atoms with van der Waals surface area (Å²) in [6.45, 7) is 7.90. The van der Waals surface area contributed by atoms with Crippen LogP contribution >= 0.6 is 0 Å². The number of likely N-dealkylation sites (N-methyl/N-ethyl adjacent to an activating group) is 1. The molecule has 2 saturated heterocycles. The van der Waals surface area contributed by atoms with Gasteiger partial charge >= 0.3 is 0 Å². The molecular weight excluding hydrogens is 358 g/mol. The summed E-state index contributed by atoms with van der Waals surface area (Å²) in [4.78, 5) is 12.4. The molecule has 0 amide bonds.